The van der Waals surface area contributed by atoms with Gasteiger partial charge >= 0.3 is 0 Å². The predicted octanol–water partition coefficient (Wildman–Crippen LogP) is 3.40. The molecule has 0 aliphatic rings. The summed E-state index contributed by atoms with van der Waals surface area (Å²) in [5.41, 5.74) is 5.31. The summed E-state index contributed by atoms with van der Waals surface area (Å²) in [4.78, 5) is 8.73. The van der Waals surface area contributed by atoms with Crippen LogP contribution in [-0.2, 0) is 16.4 Å². The minimum absolute atomic E-state index is 0.0590. The van der Waals surface area contributed by atoms with Crippen molar-refractivity contribution in [1.82, 2.24) is 19.6 Å². The highest BCUT2D eigenvalue weighted by Crippen LogP contribution is 2.36. The molecule has 3 heterocycles. The normalized spacial score (nSPS) is 11.7. The van der Waals surface area contributed by atoms with E-state index in [0.717, 1.165) is 27.9 Å². The number of aromatic nitrogens is 4. The number of sulfonamides is 1. The topological polar surface area (TPSA) is 123 Å². The Kier molecular flexibility index (Phi) is 5.12. The van der Waals surface area contributed by atoms with Gasteiger partial charge in [0.05, 0.1) is 16.2 Å². The van der Waals surface area contributed by atoms with Gasteiger partial charge in [0.15, 0.2) is 5.65 Å². The molecule has 0 bridgehead atoms. The van der Waals surface area contributed by atoms with Crippen molar-refractivity contribution in [3.8, 4) is 28.1 Å². The van der Waals surface area contributed by atoms with Crippen molar-refractivity contribution in [3.05, 3.63) is 96.6 Å². The Labute approximate surface area is 190 Å². The molecule has 0 aliphatic carbocycles. The molecule has 2 aromatic carbocycles. The van der Waals surface area contributed by atoms with Crippen molar-refractivity contribution >= 4 is 15.7 Å². The zero-order chi connectivity index (χ0) is 23.0. The maximum atomic E-state index is 11.8. The van der Waals surface area contributed by atoms with E-state index in [0.29, 0.717) is 17.8 Å². The zero-order valence-electron chi connectivity index (χ0n) is 17.3. The molecule has 0 aliphatic heterocycles. The van der Waals surface area contributed by atoms with Gasteiger partial charge < -0.3 is 5.11 Å². The van der Waals surface area contributed by atoms with Crippen LogP contribution in [0.15, 0.2) is 90.2 Å². The highest BCUT2D eigenvalue weighted by molar-refractivity contribution is 7.89. The number of primary sulfonamides is 1. The van der Waals surface area contributed by atoms with Gasteiger partial charge in [-0.2, -0.15) is 5.10 Å². The number of phenolic OH excluding ortho intramolecular Hbond substituents is 1. The molecule has 0 radical (unpaired) electrons. The third kappa shape index (κ3) is 4.07. The molecule has 0 amide bonds. The highest BCUT2D eigenvalue weighted by Gasteiger charge is 2.20. The molecule has 0 spiro atoms. The molecule has 33 heavy (non-hydrogen) atoms. The van der Waals surface area contributed by atoms with Crippen molar-refractivity contribution in [2.24, 2.45) is 5.14 Å². The standard InChI is InChI=1S/C24H19N5O3S/c25-33(31,32)21-6-1-3-16(14-21)13-19-9-12-27-24-22(18-4-2-5-20(30)15-18)23(28-29(19)24)17-7-10-26-11-8-17/h1-12,14-15,30H,13H2,(H2,25,31,32). The molecule has 164 valence electrons. The summed E-state index contributed by atoms with van der Waals surface area (Å²) >= 11 is 0. The van der Waals surface area contributed by atoms with Gasteiger partial charge in [0.2, 0.25) is 10.0 Å². The lowest BCUT2D eigenvalue weighted by Crippen LogP contribution is -2.12. The fourth-order valence-electron chi connectivity index (χ4n) is 3.81. The first-order valence-corrected chi connectivity index (χ1v) is 11.6. The predicted molar refractivity (Wildman–Crippen MR) is 124 cm³/mol. The van der Waals surface area contributed by atoms with Gasteiger partial charge in [0.1, 0.15) is 11.4 Å². The van der Waals surface area contributed by atoms with Crippen LogP contribution < -0.4 is 5.14 Å². The second-order valence-electron chi connectivity index (χ2n) is 7.55. The number of benzene rings is 2. The third-order valence-corrected chi connectivity index (χ3v) is 6.21. The summed E-state index contributed by atoms with van der Waals surface area (Å²) in [5, 5.41) is 20.2. The van der Waals surface area contributed by atoms with E-state index in [4.69, 9.17) is 10.2 Å². The van der Waals surface area contributed by atoms with E-state index in [1.165, 1.54) is 6.07 Å². The smallest absolute Gasteiger partial charge is 0.238 e. The molecular formula is C24H19N5O3S. The Bertz CT molecular complexity index is 1580. The fraction of sp³-hybridized carbons (Fsp3) is 0.0417. The maximum absolute atomic E-state index is 11.8. The fourth-order valence-corrected chi connectivity index (χ4v) is 4.39. The Morgan fingerprint density at radius 1 is 0.909 bits per heavy atom. The van der Waals surface area contributed by atoms with Crippen molar-refractivity contribution < 1.29 is 13.5 Å². The third-order valence-electron chi connectivity index (χ3n) is 5.30. The van der Waals surface area contributed by atoms with Crippen LogP contribution in [-0.4, -0.2) is 33.1 Å². The Morgan fingerprint density at radius 2 is 1.70 bits per heavy atom. The minimum atomic E-state index is -3.80. The average molecular weight is 458 g/mol. The first-order chi connectivity index (χ1) is 15.9. The summed E-state index contributed by atoms with van der Waals surface area (Å²) < 4.78 is 25.3. The average Bonchev–Trinajstić information content (AvgIpc) is 3.20. The molecule has 0 unspecified atom stereocenters. The Hall–Kier alpha value is -4.08. The number of nitrogens with zero attached hydrogens (tertiary/aromatic N) is 4. The van der Waals surface area contributed by atoms with Gasteiger partial charge in [-0.25, -0.2) is 23.1 Å². The molecule has 8 nitrogen and oxygen atoms in total. The van der Waals surface area contributed by atoms with Crippen LogP contribution in [0.3, 0.4) is 0 Å². The van der Waals surface area contributed by atoms with Crippen LogP contribution in [0, 0.1) is 0 Å². The van der Waals surface area contributed by atoms with Crippen molar-refractivity contribution in [1.29, 1.82) is 0 Å². The summed E-state index contributed by atoms with van der Waals surface area (Å²) in [7, 11) is -3.80. The lowest BCUT2D eigenvalue weighted by Gasteiger charge is -2.07. The second kappa shape index (κ2) is 8.12. The zero-order valence-corrected chi connectivity index (χ0v) is 18.1. The van der Waals surface area contributed by atoms with E-state index in [-0.39, 0.29) is 10.6 Å². The number of pyridine rings is 1. The second-order valence-corrected chi connectivity index (χ2v) is 9.11. The lowest BCUT2D eigenvalue weighted by molar-refractivity contribution is 0.475. The van der Waals surface area contributed by atoms with E-state index in [1.54, 1.807) is 53.4 Å². The summed E-state index contributed by atoms with van der Waals surface area (Å²) in [6.07, 6.45) is 5.50. The molecule has 3 N–H and O–H groups in total. The SMILES string of the molecule is NS(=O)(=O)c1cccc(Cc2ccnc3c(-c4cccc(O)c4)c(-c4ccncc4)nn23)c1. The van der Waals surface area contributed by atoms with E-state index in [9.17, 15) is 13.5 Å². The molecule has 0 fully saturated rings. The van der Waals surface area contributed by atoms with Crippen LogP contribution in [0.5, 0.6) is 5.75 Å². The van der Waals surface area contributed by atoms with Crippen molar-refractivity contribution in [2.45, 2.75) is 11.3 Å². The Balaban J connectivity index is 1.71. The summed E-state index contributed by atoms with van der Waals surface area (Å²) in [6, 6.07) is 19.0. The van der Waals surface area contributed by atoms with Gasteiger partial charge in [-0.05, 0) is 53.6 Å². The van der Waals surface area contributed by atoms with Crippen LogP contribution in [0.2, 0.25) is 0 Å². The van der Waals surface area contributed by atoms with Crippen LogP contribution >= 0.6 is 0 Å². The summed E-state index contributed by atoms with van der Waals surface area (Å²) in [6.45, 7) is 0. The number of rotatable bonds is 5. The van der Waals surface area contributed by atoms with Crippen LogP contribution in [0.4, 0.5) is 0 Å². The number of hydrogen-bond donors (Lipinski definition) is 2. The maximum Gasteiger partial charge on any atom is 0.238 e. The molecule has 5 rings (SSSR count). The van der Waals surface area contributed by atoms with Crippen LogP contribution in [0.1, 0.15) is 11.3 Å². The Morgan fingerprint density at radius 3 is 2.45 bits per heavy atom. The lowest BCUT2D eigenvalue weighted by atomic mass is 10.0. The largest absolute Gasteiger partial charge is 0.508 e. The molecule has 0 saturated heterocycles. The quantitative estimate of drug-likeness (QED) is 0.417. The summed E-state index contributed by atoms with van der Waals surface area (Å²) in [5.74, 6) is 0.142. The molecular weight excluding hydrogens is 438 g/mol. The molecule has 3 aromatic heterocycles. The monoisotopic (exact) mass is 457 g/mol. The van der Waals surface area contributed by atoms with Crippen molar-refractivity contribution in [2.75, 3.05) is 0 Å². The molecule has 0 saturated carbocycles. The van der Waals surface area contributed by atoms with Crippen LogP contribution in [0.25, 0.3) is 28.0 Å². The van der Waals surface area contributed by atoms with Crippen molar-refractivity contribution in [3.63, 3.8) is 0 Å². The highest BCUT2D eigenvalue weighted by atomic mass is 32.2. The van der Waals surface area contributed by atoms with Gasteiger partial charge in [-0.1, -0.05) is 24.3 Å². The molecule has 5 aromatic rings. The van der Waals surface area contributed by atoms with E-state index in [1.807, 2.05) is 30.3 Å². The van der Waals surface area contributed by atoms with Gasteiger partial charge in [0.25, 0.3) is 0 Å². The number of phenols is 1. The van der Waals surface area contributed by atoms with E-state index < -0.39 is 10.0 Å². The van der Waals surface area contributed by atoms with E-state index in [2.05, 4.69) is 9.97 Å². The van der Waals surface area contributed by atoms with E-state index >= 15 is 0 Å². The number of hydrogen-bond acceptors (Lipinski definition) is 6. The van der Waals surface area contributed by atoms with Gasteiger partial charge in [-0.3, -0.25) is 4.98 Å². The first-order valence-electron chi connectivity index (χ1n) is 10.1. The minimum Gasteiger partial charge on any atom is -0.508 e. The number of fused-ring (bicyclic) bond motifs is 1. The first kappa shape index (κ1) is 20.8. The molecule has 0 atom stereocenters. The number of aromatic hydroxyl groups is 1. The van der Waals surface area contributed by atoms with Gasteiger partial charge in [-0.15, -0.1) is 0 Å². The number of nitrogens with two attached hydrogens (primary N) is 1. The molecule has 9 heteroatoms. The van der Waals surface area contributed by atoms with Gasteiger partial charge in [0, 0.05) is 30.6 Å².